The summed E-state index contributed by atoms with van der Waals surface area (Å²) in [5.74, 6) is 1.15. The number of benzene rings is 1. The Morgan fingerprint density at radius 3 is 2.50 bits per heavy atom. The second kappa shape index (κ2) is 7.43. The monoisotopic (exact) mass is 405 g/mol. The maximum Gasteiger partial charge on any atom is 0.243 e. The third-order valence-electron chi connectivity index (χ3n) is 7.08. The van der Waals surface area contributed by atoms with Crippen LogP contribution in [0.4, 0.5) is 0 Å². The van der Waals surface area contributed by atoms with E-state index >= 15 is 0 Å². The number of carbonyl (C=O) groups is 1. The van der Waals surface area contributed by atoms with Crippen molar-refractivity contribution in [1.29, 1.82) is 0 Å². The fraction of sp³-hybridized carbons (Fsp3) is 0.667. The Hall–Kier alpha value is -1.44. The van der Waals surface area contributed by atoms with Crippen LogP contribution in [0.1, 0.15) is 33.1 Å². The summed E-state index contributed by atoms with van der Waals surface area (Å²) in [4.78, 5) is 15.4. The number of hydrogen-bond donors (Lipinski definition) is 1. The van der Waals surface area contributed by atoms with Crippen LogP contribution < -0.4 is 5.32 Å². The predicted molar refractivity (Wildman–Crippen MR) is 108 cm³/mol. The minimum Gasteiger partial charge on any atom is -0.350 e. The van der Waals surface area contributed by atoms with Gasteiger partial charge in [0.2, 0.25) is 15.9 Å². The SMILES string of the molecule is CCC(C)CN1C[C@H]2C(=O)NC3(CCN(S(=O)(=O)c4ccccc4)CC3)[C@H]2C1. The molecule has 3 aliphatic rings. The normalized spacial score (nSPS) is 29.0. The van der Waals surface area contributed by atoms with Gasteiger partial charge in [-0.2, -0.15) is 4.31 Å². The molecule has 1 N–H and O–H groups in total. The van der Waals surface area contributed by atoms with Gasteiger partial charge in [-0.3, -0.25) is 4.79 Å². The van der Waals surface area contributed by atoms with E-state index in [4.69, 9.17) is 0 Å². The zero-order valence-corrected chi connectivity index (χ0v) is 17.6. The number of carbonyl (C=O) groups excluding carboxylic acids is 1. The van der Waals surface area contributed by atoms with Gasteiger partial charge in [-0.15, -0.1) is 0 Å². The van der Waals surface area contributed by atoms with E-state index in [1.165, 1.54) is 0 Å². The minimum atomic E-state index is -3.46. The highest BCUT2D eigenvalue weighted by Crippen LogP contribution is 2.44. The summed E-state index contributed by atoms with van der Waals surface area (Å²) < 4.78 is 27.4. The number of hydrogen-bond acceptors (Lipinski definition) is 4. The van der Waals surface area contributed by atoms with Crippen molar-refractivity contribution in [2.24, 2.45) is 17.8 Å². The van der Waals surface area contributed by atoms with Crippen LogP contribution in [-0.2, 0) is 14.8 Å². The molecule has 1 aromatic rings. The van der Waals surface area contributed by atoms with E-state index in [0.717, 1.165) is 26.1 Å². The largest absolute Gasteiger partial charge is 0.350 e. The first-order valence-electron chi connectivity index (χ1n) is 10.5. The smallest absolute Gasteiger partial charge is 0.243 e. The number of amides is 1. The van der Waals surface area contributed by atoms with E-state index < -0.39 is 10.0 Å². The van der Waals surface area contributed by atoms with E-state index in [1.54, 1.807) is 28.6 Å². The third-order valence-corrected chi connectivity index (χ3v) is 8.99. The van der Waals surface area contributed by atoms with Gasteiger partial charge in [0.1, 0.15) is 0 Å². The maximum atomic E-state index is 12.9. The van der Waals surface area contributed by atoms with Crippen molar-refractivity contribution < 1.29 is 13.2 Å². The number of nitrogens with one attached hydrogen (secondary N) is 1. The minimum absolute atomic E-state index is 0.0568. The molecule has 3 saturated heterocycles. The molecule has 0 saturated carbocycles. The molecule has 3 atom stereocenters. The topological polar surface area (TPSA) is 69.7 Å². The van der Waals surface area contributed by atoms with Crippen molar-refractivity contribution in [3.63, 3.8) is 0 Å². The average molecular weight is 406 g/mol. The second-order valence-corrected chi connectivity index (χ2v) is 10.7. The summed E-state index contributed by atoms with van der Waals surface area (Å²) in [5.41, 5.74) is -0.241. The van der Waals surface area contributed by atoms with Gasteiger partial charge in [0.25, 0.3) is 0 Å². The number of rotatable bonds is 5. The number of sulfonamides is 1. The van der Waals surface area contributed by atoms with Gasteiger partial charge < -0.3 is 10.2 Å². The van der Waals surface area contributed by atoms with Crippen molar-refractivity contribution in [3.05, 3.63) is 30.3 Å². The van der Waals surface area contributed by atoms with Crippen LogP contribution in [0.15, 0.2) is 35.2 Å². The van der Waals surface area contributed by atoms with Crippen LogP contribution in [0.3, 0.4) is 0 Å². The van der Waals surface area contributed by atoms with E-state index in [2.05, 4.69) is 24.1 Å². The second-order valence-electron chi connectivity index (χ2n) is 8.81. The molecule has 7 heteroatoms. The Labute approximate surface area is 168 Å². The summed E-state index contributed by atoms with van der Waals surface area (Å²) in [6.45, 7) is 8.23. The molecule has 0 bridgehead atoms. The van der Waals surface area contributed by atoms with E-state index in [-0.39, 0.29) is 17.4 Å². The molecule has 1 amide bonds. The first-order valence-corrected chi connectivity index (χ1v) is 11.9. The van der Waals surface area contributed by atoms with Gasteiger partial charge in [-0.05, 0) is 30.9 Å². The van der Waals surface area contributed by atoms with Crippen LogP contribution in [0.5, 0.6) is 0 Å². The lowest BCUT2D eigenvalue weighted by Crippen LogP contribution is -2.56. The number of nitrogens with zero attached hydrogens (tertiary/aromatic N) is 2. The van der Waals surface area contributed by atoms with Crippen LogP contribution in [-0.4, -0.2) is 61.8 Å². The van der Waals surface area contributed by atoms with Crippen LogP contribution >= 0.6 is 0 Å². The Morgan fingerprint density at radius 1 is 1.18 bits per heavy atom. The molecule has 28 heavy (non-hydrogen) atoms. The molecule has 0 aromatic heterocycles. The highest BCUT2D eigenvalue weighted by Gasteiger charge is 2.57. The van der Waals surface area contributed by atoms with Gasteiger partial charge in [-0.25, -0.2) is 8.42 Å². The molecule has 3 fully saturated rings. The molecular formula is C21H31N3O3S. The molecular weight excluding hydrogens is 374 g/mol. The summed E-state index contributed by atoms with van der Waals surface area (Å²) in [6, 6.07) is 8.63. The van der Waals surface area contributed by atoms with Crippen molar-refractivity contribution in [2.75, 3.05) is 32.7 Å². The Morgan fingerprint density at radius 2 is 1.86 bits per heavy atom. The standard InChI is InChI=1S/C21H31N3O3S/c1-3-16(2)13-23-14-18-19(15-23)21(22-20(18)25)9-11-24(12-10-21)28(26,27)17-7-5-4-6-8-17/h4-8,16,18-19H,3,9-15H2,1-2H3,(H,22,25)/t16?,18-,19+/m1/s1. The first-order chi connectivity index (χ1) is 13.4. The average Bonchev–Trinajstić information content (AvgIpc) is 3.22. The number of likely N-dealkylation sites (tertiary alicyclic amines) is 1. The maximum absolute atomic E-state index is 12.9. The van der Waals surface area contributed by atoms with E-state index in [1.807, 2.05) is 6.07 Å². The quantitative estimate of drug-likeness (QED) is 0.813. The lowest BCUT2D eigenvalue weighted by Gasteiger charge is -2.42. The highest BCUT2D eigenvalue weighted by atomic mass is 32.2. The Kier molecular flexibility index (Phi) is 5.27. The van der Waals surface area contributed by atoms with Gasteiger partial charge in [0.15, 0.2) is 0 Å². The Bertz CT molecular complexity index is 819. The molecule has 3 aliphatic heterocycles. The van der Waals surface area contributed by atoms with E-state index in [9.17, 15) is 13.2 Å². The van der Waals surface area contributed by atoms with Crippen LogP contribution in [0, 0.1) is 17.8 Å². The molecule has 6 nitrogen and oxygen atoms in total. The highest BCUT2D eigenvalue weighted by molar-refractivity contribution is 7.89. The van der Waals surface area contributed by atoms with Crippen molar-refractivity contribution in [1.82, 2.24) is 14.5 Å². The Balaban J connectivity index is 1.46. The molecule has 0 radical (unpaired) electrons. The molecule has 1 spiro atoms. The molecule has 154 valence electrons. The lowest BCUT2D eigenvalue weighted by atomic mass is 9.76. The molecule has 1 aromatic carbocycles. The number of piperidine rings is 1. The predicted octanol–water partition coefficient (Wildman–Crippen LogP) is 1.93. The third kappa shape index (κ3) is 3.37. The summed E-state index contributed by atoms with van der Waals surface area (Å²) in [7, 11) is -3.46. The fourth-order valence-electron chi connectivity index (χ4n) is 5.22. The fourth-order valence-corrected chi connectivity index (χ4v) is 6.69. The zero-order chi connectivity index (χ0) is 19.9. The zero-order valence-electron chi connectivity index (χ0n) is 16.8. The van der Waals surface area contributed by atoms with Crippen molar-refractivity contribution in [2.45, 2.75) is 43.5 Å². The van der Waals surface area contributed by atoms with Gasteiger partial charge in [0.05, 0.1) is 10.8 Å². The van der Waals surface area contributed by atoms with Crippen LogP contribution in [0.2, 0.25) is 0 Å². The summed E-state index contributed by atoms with van der Waals surface area (Å²) in [6.07, 6.45) is 2.54. The summed E-state index contributed by atoms with van der Waals surface area (Å²) in [5, 5.41) is 3.28. The number of fused-ring (bicyclic) bond motifs is 2. The first kappa shape index (κ1) is 19.9. The van der Waals surface area contributed by atoms with E-state index in [0.29, 0.717) is 42.7 Å². The van der Waals surface area contributed by atoms with Crippen molar-refractivity contribution >= 4 is 15.9 Å². The lowest BCUT2D eigenvalue weighted by molar-refractivity contribution is -0.123. The van der Waals surface area contributed by atoms with Crippen LogP contribution in [0.25, 0.3) is 0 Å². The van der Waals surface area contributed by atoms with Gasteiger partial charge in [0, 0.05) is 44.2 Å². The van der Waals surface area contributed by atoms with Gasteiger partial charge in [-0.1, -0.05) is 38.5 Å². The molecule has 4 rings (SSSR count). The van der Waals surface area contributed by atoms with Crippen molar-refractivity contribution in [3.8, 4) is 0 Å². The molecule has 0 aliphatic carbocycles. The molecule has 3 heterocycles. The summed E-state index contributed by atoms with van der Waals surface area (Å²) >= 11 is 0. The molecule has 1 unspecified atom stereocenters. The van der Waals surface area contributed by atoms with Gasteiger partial charge >= 0.3 is 0 Å².